The largest absolute Gasteiger partial charge is 0.394 e. The van der Waals surface area contributed by atoms with Gasteiger partial charge in [0.2, 0.25) is 5.91 Å². The normalized spacial score (nSPS) is 23.6. The Kier molecular flexibility index (Phi) is 3.92. The first-order valence-electron chi connectivity index (χ1n) is 6.44. The van der Waals surface area contributed by atoms with Crippen LogP contribution in [-0.2, 0) is 11.8 Å². The number of hydrogen-bond donors (Lipinski definition) is 2. The average Bonchev–Trinajstić information content (AvgIpc) is 2.69. The summed E-state index contributed by atoms with van der Waals surface area (Å²) in [5, 5.41) is 6.52. The van der Waals surface area contributed by atoms with Gasteiger partial charge in [0.25, 0.3) is 0 Å². The van der Waals surface area contributed by atoms with Gasteiger partial charge in [-0.15, -0.1) is 0 Å². The highest BCUT2D eigenvalue weighted by molar-refractivity contribution is 5.94. The number of nitrogens with one attached hydrogen (secondary N) is 1. The molecule has 1 heterocycles. The van der Waals surface area contributed by atoms with E-state index in [1.54, 1.807) is 7.05 Å². The molecule has 1 aliphatic carbocycles. The third-order valence-electron chi connectivity index (χ3n) is 3.77. The predicted octanol–water partition coefficient (Wildman–Crippen LogP) is 2.31. The summed E-state index contributed by atoms with van der Waals surface area (Å²) in [7, 11) is 1.63. The van der Waals surface area contributed by atoms with E-state index >= 15 is 0 Å². The van der Waals surface area contributed by atoms with Crippen LogP contribution in [0.1, 0.15) is 25.7 Å². The molecule has 1 amide bonds. The van der Waals surface area contributed by atoms with E-state index in [2.05, 4.69) is 10.4 Å². The first-order chi connectivity index (χ1) is 9.29. The van der Waals surface area contributed by atoms with Crippen LogP contribution in [0.5, 0.6) is 0 Å². The van der Waals surface area contributed by atoms with Gasteiger partial charge in [0.05, 0.1) is 17.8 Å². The van der Waals surface area contributed by atoms with Crippen LogP contribution in [0.4, 0.5) is 24.7 Å². The number of nitrogen functional groups attached to an aromatic ring is 1. The highest BCUT2D eigenvalue weighted by Gasteiger charge is 2.42. The van der Waals surface area contributed by atoms with Crippen molar-refractivity contribution >= 4 is 17.4 Å². The molecule has 20 heavy (non-hydrogen) atoms. The lowest BCUT2D eigenvalue weighted by molar-refractivity contribution is -0.184. The Morgan fingerprint density at radius 1 is 1.40 bits per heavy atom. The van der Waals surface area contributed by atoms with Crippen LogP contribution in [0.25, 0.3) is 0 Å². The van der Waals surface area contributed by atoms with E-state index < -0.39 is 18.0 Å². The highest BCUT2D eigenvalue weighted by Crippen LogP contribution is 2.39. The van der Waals surface area contributed by atoms with Gasteiger partial charge in [-0.2, -0.15) is 18.3 Å². The molecule has 1 aromatic rings. The van der Waals surface area contributed by atoms with Crippen LogP contribution >= 0.6 is 0 Å². The van der Waals surface area contributed by atoms with Gasteiger partial charge in [0.15, 0.2) is 5.82 Å². The van der Waals surface area contributed by atoms with E-state index in [-0.39, 0.29) is 31.6 Å². The predicted molar refractivity (Wildman–Crippen MR) is 67.8 cm³/mol. The number of hydrogen-bond acceptors (Lipinski definition) is 3. The number of carbonyl (C=O) groups is 1. The van der Waals surface area contributed by atoms with Gasteiger partial charge in [0.1, 0.15) is 0 Å². The summed E-state index contributed by atoms with van der Waals surface area (Å²) in [6, 6.07) is 0. The van der Waals surface area contributed by atoms with Crippen molar-refractivity contribution in [3.05, 3.63) is 6.20 Å². The molecule has 1 saturated carbocycles. The summed E-state index contributed by atoms with van der Waals surface area (Å²) in [5.41, 5.74) is 5.99. The first kappa shape index (κ1) is 14.7. The molecule has 5 nitrogen and oxygen atoms in total. The van der Waals surface area contributed by atoms with Crippen molar-refractivity contribution in [1.82, 2.24) is 9.78 Å². The van der Waals surface area contributed by atoms with Crippen LogP contribution in [0.3, 0.4) is 0 Å². The second-order valence-corrected chi connectivity index (χ2v) is 5.15. The molecule has 1 fully saturated rings. The fourth-order valence-electron chi connectivity index (χ4n) is 2.51. The van der Waals surface area contributed by atoms with Gasteiger partial charge in [0, 0.05) is 13.0 Å². The van der Waals surface area contributed by atoms with E-state index in [4.69, 9.17) is 5.73 Å². The van der Waals surface area contributed by atoms with Crippen molar-refractivity contribution in [2.24, 2.45) is 18.9 Å². The zero-order valence-electron chi connectivity index (χ0n) is 11.1. The Morgan fingerprint density at radius 3 is 2.45 bits per heavy atom. The smallest absolute Gasteiger partial charge is 0.391 e. The molecule has 0 atom stereocenters. The third kappa shape index (κ3) is 3.05. The number of halogens is 3. The van der Waals surface area contributed by atoms with E-state index in [1.807, 2.05) is 0 Å². The monoisotopic (exact) mass is 290 g/mol. The van der Waals surface area contributed by atoms with Crippen molar-refractivity contribution < 1.29 is 18.0 Å². The van der Waals surface area contributed by atoms with E-state index in [0.29, 0.717) is 11.5 Å². The lowest BCUT2D eigenvalue weighted by atomic mass is 9.81. The lowest BCUT2D eigenvalue weighted by Gasteiger charge is -2.29. The molecular weight excluding hydrogens is 273 g/mol. The SMILES string of the molecule is Cn1ncc(N)c1NC(=O)C1CCC(C(F)(F)F)CC1. The summed E-state index contributed by atoms with van der Waals surface area (Å²) in [5.74, 6) is -1.59. The van der Waals surface area contributed by atoms with Crippen LogP contribution in [0.15, 0.2) is 6.20 Å². The Hall–Kier alpha value is -1.73. The molecule has 0 unspecified atom stereocenters. The Bertz CT molecular complexity index is 470. The molecule has 0 saturated heterocycles. The van der Waals surface area contributed by atoms with Crippen molar-refractivity contribution in [1.29, 1.82) is 0 Å². The summed E-state index contributed by atoms with van der Waals surface area (Å²) in [6.45, 7) is 0. The number of rotatable bonds is 2. The van der Waals surface area contributed by atoms with Gasteiger partial charge in [-0.25, -0.2) is 0 Å². The number of nitrogens with two attached hydrogens (primary N) is 1. The second kappa shape index (κ2) is 5.34. The van der Waals surface area contributed by atoms with Crippen LogP contribution in [0, 0.1) is 11.8 Å². The fraction of sp³-hybridized carbons (Fsp3) is 0.667. The Morgan fingerprint density at radius 2 is 2.00 bits per heavy atom. The van der Waals surface area contributed by atoms with Crippen LogP contribution < -0.4 is 11.1 Å². The minimum absolute atomic E-state index is 0.00244. The molecule has 0 bridgehead atoms. The molecule has 0 radical (unpaired) electrons. The molecule has 3 N–H and O–H groups in total. The van der Waals surface area contributed by atoms with Crippen LogP contribution in [-0.4, -0.2) is 21.9 Å². The molecule has 0 aromatic carbocycles. The number of nitrogens with zero attached hydrogens (tertiary/aromatic N) is 2. The number of aryl methyl sites for hydroxylation is 1. The number of amides is 1. The van der Waals surface area contributed by atoms with E-state index in [0.717, 1.165) is 0 Å². The maximum absolute atomic E-state index is 12.6. The van der Waals surface area contributed by atoms with Crippen molar-refractivity contribution in [3.8, 4) is 0 Å². The summed E-state index contributed by atoms with van der Waals surface area (Å²) in [4.78, 5) is 12.0. The number of alkyl halides is 3. The lowest BCUT2D eigenvalue weighted by Crippen LogP contribution is -2.33. The zero-order valence-corrected chi connectivity index (χ0v) is 11.1. The minimum Gasteiger partial charge on any atom is -0.394 e. The Labute approximate surface area is 114 Å². The Balaban J connectivity index is 1.93. The van der Waals surface area contributed by atoms with Crippen molar-refractivity contribution in [2.45, 2.75) is 31.9 Å². The molecule has 0 aliphatic heterocycles. The maximum atomic E-state index is 12.6. The molecule has 112 valence electrons. The molecule has 1 aromatic heterocycles. The first-order valence-corrected chi connectivity index (χ1v) is 6.44. The molecule has 2 rings (SSSR count). The number of carbonyl (C=O) groups excluding carboxylic acids is 1. The molecule has 0 spiro atoms. The average molecular weight is 290 g/mol. The third-order valence-corrected chi connectivity index (χ3v) is 3.77. The fourth-order valence-corrected chi connectivity index (χ4v) is 2.51. The summed E-state index contributed by atoms with van der Waals surface area (Å²) >= 11 is 0. The van der Waals surface area contributed by atoms with Gasteiger partial charge in [-0.05, 0) is 25.7 Å². The second-order valence-electron chi connectivity index (χ2n) is 5.15. The van der Waals surface area contributed by atoms with Crippen molar-refractivity contribution in [3.63, 3.8) is 0 Å². The van der Waals surface area contributed by atoms with Gasteiger partial charge < -0.3 is 11.1 Å². The number of anilines is 2. The van der Waals surface area contributed by atoms with Gasteiger partial charge in [-0.1, -0.05) is 0 Å². The molecule has 8 heteroatoms. The van der Waals surface area contributed by atoms with E-state index in [1.165, 1.54) is 10.9 Å². The molecular formula is C12H17F3N4O. The van der Waals surface area contributed by atoms with Crippen molar-refractivity contribution in [2.75, 3.05) is 11.1 Å². The standard InChI is InChI=1S/C12H17F3N4O/c1-19-10(9(16)6-17-19)18-11(20)7-2-4-8(5-3-7)12(13,14)15/h6-8H,2-5,16H2,1H3,(H,18,20). The topological polar surface area (TPSA) is 72.9 Å². The molecule has 1 aliphatic rings. The highest BCUT2D eigenvalue weighted by atomic mass is 19.4. The summed E-state index contributed by atoms with van der Waals surface area (Å²) < 4.78 is 39.1. The minimum atomic E-state index is -4.16. The van der Waals surface area contributed by atoms with Gasteiger partial charge in [-0.3, -0.25) is 9.48 Å². The quantitative estimate of drug-likeness (QED) is 0.878. The maximum Gasteiger partial charge on any atom is 0.391 e. The van der Waals surface area contributed by atoms with Crippen LogP contribution in [0.2, 0.25) is 0 Å². The van der Waals surface area contributed by atoms with E-state index in [9.17, 15) is 18.0 Å². The van der Waals surface area contributed by atoms with Gasteiger partial charge >= 0.3 is 6.18 Å². The summed E-state index contributed by atoms with van der Waals surface area (Å²) in [6.07, 6.45) is -2.25. The zero-order chi connectivity index (χ0) is 14.9. The number of aromatic nitrogens is 2.